The number of nitrogens with zero attached hydrogens (tertiary/aromatic N) is 5. The van der Waals surface area contributed by atoms with E-state index < -0.39 is 0 Å². The maximum Gasteiger partial charge on any atom is 0.229 e. The first-order valence-electron chi connectivity index (χ1n) is 8.95. The van der Waals surface area contributed by atoms with Gasteiger partial charge in [0.1, 0.15) is 0 Å². The number of carbonyl (C=O) groups excluding carboxylic acids is 1. The van der Waals surface area contributed by atoms with Crippen molar-refractivity contribution >= 4 is 40.6 Å². The van der Waals surface area contributed by atoms with E-state index in [0.29, 0.717) is 28.1 Å². The lowest BCUT2D eigenvalue weighted by Gasteiger charge is -2.32. The van der Waals surface area contributed by atoms with Gasteiger partial charge in [0.05, 0.1) is 16.6 Å². The summed E-state index contributed by atoms with van der Waals surface area (Å²) in [5.74, 6) is 1.18. The third-order valence-corrected chi connectivity index (χ3v) is 5.23. The van der Waals surface area contributed by atoms with Crippen LogP contribution in [-0.2, 0) is 4.79 Å². The lowest BCUT2D eigenvalue weighted by atomic mass is 9.97. The number of hydrogen-bond donors (Lipinski definition) is 1. The number of hydrogen-bond acceptors (Lipinski definition) is 5. The van der Waals surface area contributed by atoms with Crippen molar-refractivity contribution in [2.24, 2.45) is 5.92 Å². The zero-order valence-electron chi connectivity index (χ0n) is 14.9. The standard InChI is InChI=1S/C19H18Cl2N6O/c20-14-4-5-16(15(21)11-14)23-19(28)13-3-1-9-26(12-13)17-6-7-18(25-24-17)27-10-2-8-22-27/h2,4-8,10-11,13H,1,3,9,12H2,(H,23,28). The Morgan fingerprint density at radius 1 is 1.14 bits per heavy atom. The average Bonchev–Trinajstić information content (AvgIpc) is 3.25. The molecule has 0 radical (unpaired) electrons. The van der Waals surface area contributed by atoms with Gasteiger partial charge in [-0.3, -0.25) is 4.79 Å². The maximum atomic E-state index is 12.7. The Bertz CT molecular complexity index is 961. The van der Waals surface area contributed by atoms with Crippen LogP contribution in [0.3, 0.4) is 0 Å². The van der Waals surface area contributed by atoms with E-state index in [2.05, 4.69) is 25.5 Å². The lowest BCUT2D eigenvalue weighted by molar-refractivity contribution is -0.120. The Morgan fingerprint density at radius 3 is 2.68 bits per heavy atom. The van der Waals surface area contributed by atoms with Crippen LogP contribution in [0.25, 0.3) is 5.82 Å². The van der Waals surface area contributed by atoms with Crippen LogP contribution in [0.2, 0.25) is 10.0 Å². The topological polar surface area (TPSA) is 75.9 Å². The molecule has 3 aromatic rings. The van der Waals surface area contributed by atoms with Crippen LogP contribution in [0, 0.1) is 5.92 Å². The minimum absolute atomic E-state index is 0.0601. The summed E-state index contributed by atoms with van der Waals surface area (Å²) >= 11 is 12.1. The van der Waals surface area contributed by atoms with Gasteiger partial charge in [-0.1, -0.05) is 23.2 Å². The molecule has 1 amide bonds. The second-order valence-electron chi connectivity index (χ2n) is 6.60. The van der Waals surface area contributed by atoms with Crippen LogP contribution in [0.4, 0.5) is 11.5 Å². The normalized spacial score (nSPS) is 16.8. The SMILES string of the molecule is O=C(Nc1ccc(Cl)cc1Cl)C1CCCN(c2ccc(-n3cccn3)nn2)C1. The van der Waals surface area contributed by atoms with Gasteiger partial charge in [-0.25, -0.2) is 4.68 Å². The highest BCUT2D eigenvalue weighted by Gasteiger charge is 2.27. The number of halogens is 2. The van der Waals surface area contributed by atoms with Gasteiger partial charge in [0.15, 0.2) is 11.6 Å². The predicted molar refractivity (Wildman–Crippen MR) is 109 cm³/mol. The summed E-state index contributed by atoms with van der Waals surface area (Å²) in [7, 11) is 0. The summed E-state index contributed by atoms with van der Waals surface area (Å²) < 4.78 is 1.65. The first-order chi connectivity index (χ1) is 13.6. The van der Waals surface area contributed by atoms with Crippen LogP contribution < -0.4 is 10.2 Å². The van der Waals surface area contributed by atoms with Crippen LogP contribution in [-0.4, -0.2) is 39.0 Å². The van der Waals surface area contributed by atoms with E-state index in [1.165, 1.54) is 0 Å². The van der Waals surface area contributed by atoms with Crippen molar-refractivity contribution in [2.45, 2.75) is 12.8 Å². The van der Waals surface area contributed by atoms with Gasteiger partial charge in [-0.2, -0.15) is 5.10 Å². The summed E-state index contributed by atoms with van der Waals surface area (Å²) in [4.78, 5) is 14.8. The monoisotopic (exact) mass is 416 g/mol. The van der Waals surface area contributed by atoms with Crippen LogP contribution in [0.1, 0.15) is 12.8 Å². The summed E-state index contributed by atoms with van der Waals surface area (Å²) in [5.41, 5.74) is 0.566. The minimum Gasteiger partial charge on any atom is -0.354 e. The van der Waals surface area contributed by atoms with E-state index in [1.54, 1.807) is 29.1 Å². The Balaban J connectivity index is 1.43. The van der Waals surface area contributed by atoms with Crippen molar-refractivity contribution < 1.29 is 4.79 Å². The Labute approximate surface area is 172 Å². The van der Waals surface area contributed by atoms with E-state index in [0.717, 1.165) is 25.2 Å². The first-order valence-corrected chi connectivity index (χ1v) is 9.70. The Morgan fingerprint density at radius 2 is 1.96 bits per heavy atom. The molecule has 2 aromatic heterocycles. The van der Waals surface area contributed by atoms with Gasteiger partial charge in [-0.15, -0.1) is 10.2 Å². The van der Waals surface area contributed by atoms with Crippen LogP contribution in [0.15, 0.2) is 48.8 Å². The van der Waals surface area contributed by atoms with Crippen molar-refractivity contribution in [3.05, 3.63) is 58.8 Å². The van der Waals surface area contributed by atoms with Crippen molar-refractivity contribution in [1.29, 1.82) is 0 Å². The molecule has 9 heteroatoms. The maximum absolute atomic E-state index is 12.7. The average molecular weight is 417 g/mol. The fraction of sp³-hybridized carbons (Fsp3) is 0.263. The minimum atomic E-state index is -0.159. The second-order valence-corrected chi connectivity index (χ2v) is 7.44. The highest BCUT2D eigenvalue weighted by molar-refractivity contribution is 6.36. The van der Waals surface area contributed by atoms with E-state index in [9.17, 15) is 4.79 Å². The number of rotatable bonds is 4. The van der Waals surface area contributed by atoms with Crippen LogP contribution in [0.5, 0.6) is 0 Å². The van der Waals surface area contributed by atoms with E-state index in [-0.39, 0.29) is 11.8 Å². The number of aromatic nitrogens is 4. The molecule has 1 fully saturated rings. The van der Waals surface area contributed by atoms with Crippen LogP contribution >= 0.6 is 23.2 Å². The fourth-order valence-corrected chi connectivity index (χ4v) is 3.69. The number of amides is 1. The summed E-state index contributed by atoms with van der Waals surface area (Å²) in [6, 6.07) is 10.6. The van der Waals surface area contributed by atoms with Gasteiger partial charge < -0.3 is 10.2 Å². The van der Waals surface area contributed by atoms with Crippen molar-refractivity contribution in [3.8, 4) is 5.82 Å². The molecule has 1 atom stereocenters. The number of benzene rings is 1. The molecule has 144 valence electrons. The Hall–Kier alpha value is -2.64. The van der Waals surface area contributed by atoms with Gasteiger partial charge in [0, 0.05) is 30.5 Å². The van der Waals surface area contributed by atoms with Crippen molar-refractivity contribution in [2.75, 3.05) is 23.3 Å². The molecule has 7 nitrogen and oxygen atoms in total. The van der Waals surface area contributed by atoms with Gasteiger partial charge in [-0.05, 0) is 49.2 Å². The van der Waals surface area contributed by atoms with E-state index in [1.807, 2.05) is 24.4 Å². The largest absolute Gasteiger partial charge is 0.354 e. The van der Waals surface area contributed by atoms with Gasteiger partial charge in [0.25, 0.3) is 0 Å². The first kappa shape index (κ1) is 18.7. The lowest BCUT2D eigenvalue weighted by Crippen LogP contribution is -2.41. The molecule has 4 rings (SSSR count). The smallest absolute Gasteiger partial charge is 0.229 e. The molecule has 1 saturated heterocycles. The summed E-state index contributed by atoms with van der Waals surface area (Å²) in [6.45, 7) is 1.41. The van der Waals surface area contributed by atoms with Gasteiger partial charge in [0.2, 0.25) is 5.91 Å². The molecular formula is C19H18Cl2N6O. The fourth-order valence-electron chi connectivity index (χ4n) is 3.24. The number of carbonyl (C=O) groups is 1. The van der Waals surface area contributed by atoms with Crippen molar-refractivity contribution in [1.82, 2.24) is 20.0 Å². The predicted octanol–water partition coefficient (Wildman–Crippen LogP) is 3.82. The molecule has 1 unspecified atom stereocenters. The molecule has 1 aliphatic heterocycles. The molecule has 0 saturated carbocycles. The molecule has 0 spiro atoms. The molecular weight excluding hydrogens is 399 g/mol. The number of nitrogens with one attached hydrogen (secondary N) is 1. The number of anilines is 2. The molecule has 28 heavy (non-hydrogen) atoms. The van der Waals surface area contributed by atoms with E-state index >= 15 is 0 Å². The molecule has 0 aliphatic carbocycles. The highest BCUT2D eigenvalue weighted by Crippen LogP contribution is 2.27. The second kappa shape index (κ2) is 8.16. The molecule has 3 heterocycles. The summed E-state index contributed by atoms with van der Waals surface area (Å²) in [5, 5.41) is 16.5. The molecule has 1 aromatic carbocycles. The zero-order valence-corrected chi connectivity index (χ0v) is 16.4. The molecule has 1 N–H and O–H groups in total. The third kappa shape index (κ3) is 4.10. The Kier molecular flexibility index (Phi) is 5.45. The van der Waals surface area contributed by atoms with Crippen molar-refractivity contribution in [3.63, 3.8) is 0 Å². The van der Waals surface area contributed by atoms with Gasteiger partial charge >= 0.3 is 0 Å². The third-order valence-electron chi connectivity index (χ3n) is 4.68. The number of piperidine rings is 1. The zero-order chi connectivity index (χ0) is 19.5. The molecule has 1 aliphatic rings. The molecule has 0 bridgehead atoms. The highest BCUT2D eigenvalue weighted by atomic mass is 35.5. The van der Waals surface area contributed by atoms with E-state index in [4.69, 9.17) is 23.2 Å². The summed E-state index contributed by atoms with van der Waals surface area (Å²) in [6.07, 6.45) is 5.21. The quantitative estimate of drug-likeness (QED) is 0.699.